The van der Waals surface area contributed by atoms with E-state index in [1.165, 1.54) is 4.90 Å². The number of nitrogens with zero attached hydrogens (tertiary/aromatic N) is 1. The van der Waals surface area contributed by atoms with Crippen molar-refractivity contribution in [2.75, 3.05) is 13.1 Å². The maximum Gasteiger partial charge on any atom is 0.308 e. The Bertz CT molecular complexity index is 369. The molecule has 1 heterocycles. The number of nitrogens with one attached hydrogen (secondary N) is 1. The zero-order valence-electron chi connectivity index (χ0n) is 10.2. The molecule has 2 unspecified atom stereocenters. The van der Waals surface area contributed by atoms with E-state index in [-0.39, 0.29) is 24.4 Å². The van der Waals surface area contributed by atoms with Gasteiger partial charge in [0.05, 0.1) is 12.5 Å². The zero-order valence-corrected chi connectivity index (χ0v) is 10.2. The molecule has 0 spiro atoms. The smallest absolute Gasteiger partial charge is 0.308 e. The molecule has 0 aromatic carbocycles. The van der Waals surface area contributed by atoms with Crippen LogP contribution in [0.2, 0.25) is 0 Å². The Morgan fingerprint density at radius 1 is 1.33 bits per heavy atom. The normalized spacial score (nSPS) is 27.6. The molecule has 18 heavy (non-hydrogen) atoms. The van der Waals surface area contributed by atoms with Gasteiger partial charge in [-0.05, 0) is 19.3 Å². The molecule has 2 N–H and O–H groups in total. The Labute approximate surface area is 105 Å². The summed E-state index contributed by atoms with van der Waals surface area (Å²) < 4.78 is 0. The third kappa shape index (κ3) is 2.80. The predicted molar refractivity (Wildman–Crippen MR) is 62.7 cm³/mol. The third-order valence-corrected chi connectivity index (χ3v) is 3.69. The Kier molecular flexibility index (Phi) is 3.84. The van der Waals surface area contributed by atoms with Gasteiger partial charge in [-0.15, -0.1) is 0 Å². The molecule has 6 heteroatoms. The number of hydrogen-bond donors (Lipinski definition) is 2. The van der Waals surface area contributed by atoms with Gasteiger partial charge in [0, 0.05) is 19.0 Å². The molecule has 2 fully saturated rings. The number of amides is 2. The zero-order chi connectivity index (χ0) is 13.1. The second-order valence-electron chi connectivity index (χ2n) is 4.97. The van der Waals surface area contributed by atoms with Crippen LogP contribution >= 0.6 is 0 Å². The van der Waals surface area contributed by atoms with Crippen molar-refractivity contribution in [3.63, 3.8) is 0 Å². The molecule has 2 atom stereocenters. The lowest BCUT2D eigenvalue weighted by atomic mass is 10.0. The van der Waals surface area contributed by atoms with E-state index in [4.69, 9.17) is 5.11 Å². The molecule has 2 aliphatic rings. The molecule has 1 saturated carbocycles. The van der Waals surface area contributed by atoms with E-state index in [1.54, 1.807) is 0 Å². The summed E-state index contributed by atoms with van der Waals surface area (Å²) in [5.74, 6) is -1.58. The first kappa shape index (κ1) is 12.9. The number of carboxylic acid groups (broad SMARTS) is 1. The van der Waals surface area contributed by atoms with Crippen molar-refractivity contribution >= 4 is 17.8 Å². The quantitative estimate of drug-likeness (QED) is 0.738. The average molecular weight is 254 g/mol. The first-order valence-corrected chi connectivity index (χ1v) is 6.38. The summed E-state index contributed by atoms with van der Waals surface area (Å²) in [5, 5.41) is 11.8. The van der Waals surface area contributed by atoms with Crippen LogP contribution in [0.3, 0.4) is 0 Å². The molecule has 0 bridgehead atoms. The van der Waals surface area contributed by atoms with E-state index in [0.717, 1.165) is 12.8 Å². The van der Waals surface area contributed by atoms with Gasteiger partial charge in [0.2, 0.25) is 11.8 Å². The van der Waals surface area contributed by atoms with E-state index < -0.39 is 11.9 Å². The fourth-order valence-electron chi connectivity index (χ4n) is 2.73. The molecule has 0 aromatic heterocycles. The second kappa shape index (κ2) is 5.37. The van der Waals surface area contributed by atoms with Crippen LogP contribution in [0.1, 0.15) is 32.1 Å². The van der Waals surface area contributed by atoms with E-state index in [2.05, 4.69) is 5.32 Å². The van der Waals surface area contributed by atoms with E-state index in [9.17, 15) is 14.4 Å². The first-order valence-electron chi connectivity index (χ1n) is 6.38. The molecule has 1 aliphatic carbocycles. The number of hydrogen-bond acceptors (Lipinski definition) is 3. The summed E-state index contributed by atoms with van der Waals surface area (Å²) in [7, 11) is 0. The highest BCUT2D eigenvalue weighted by atomic mass is 16.4. The Hall–Kier alpha value is -1.59. The predicted octanol–water partition coefficient (Wildman–Crippen LogP) is -0.0217. The van der Waals surface area contributed by atoms with Crippen molar-refractivity contribution in [1.82, 2.24) is 10.2 Å². The minimum absolute atomic E-state index is 0.00589. The monoisotopic (exact) mass is 254 g/mol. The largest absolute Gasteiger partial charge is 0.481 e. The lowest BCUT2D eigenvalue weighted by molar-refractivity contribution is -0.142. The summed E-state index contributed by atoms with van der Waals surface area (Å²) in [4.78, 5) is 35.6. The third-order valence-electron chi connectivity index (χ3n) is 3.69. The minimum atomic E-state index is -0.852. The number of carbonyl (C=O) groups is 3. The van der Waals surface area contributed by atoms with Crippen molar-refractivity contribution in [3.8, 4) is 0 Å². The van der Waals surface area contributed by atoms with Crippen LogP contribution in [0.5, 0.6) is 0 Å². The number of carbonyl (C=O) groups excluding carboxylic acids is 2. The summed E-state index contributed by atoms with van der Waals surface area (Å²) >= 11 is 0. The van der Waals surface area contributed by atoms with Gasteiger partial charge in [-0.25, -0.2) is 0 Å². The lowest BCUT2D eigenvalue weighted by Crippen LogP contribution is -2.45. The SMILES string of the molecule is O=C(CN1CCCC1=O)NC1CCCC1C(=O)O. The number of rotatable bonds is 4. The Morgan fingerprint density at radius 2 is 2.11 bits per heavy atom. The maximum absolute atomic E-state index is 11.8. The first-order chi connectivity index (χ1) is 8.58. The highest BCUT2D eigenvalue weighted by Gasteiger charge is 2.34. The molecular formula is C12H18N2O4. The summed E-state index contributed by atoms with van der Waals surface area (Å²) in [5.41, 5.74) is 0. The van der Waals surface area contributed by atoms with Crippen molar-refractivity contribution in [2.24, 2.45) is 5.92 Å². The summed E-state index contributed by atoms with van der Waals surface area (Å²) in [6.07, 6.45) is 3.45. The molecule has 6 nitrogen and oxygen atoms in total. The van der Waals surface area contributed by atoms with E-state index in [1.807, 2.05) is 0 Å². The molecule has 2 amide bonds. The van der Waals surface area contributed by atoms with E-state index in [0.29, 0.717) is 25.8 Å². The molecule has 1 saturated heterocycles. The fraction of sp³-hybridized carbons (Fsp3) is 0.750. The van der Waals surface area contributed by atoms with Gasteiger partial charge in [0.25, 0.3) is 0 Å². The number of carboxylic acids is 1. The van der Waals surface area contributed by atoms with E-state index >= 15 is 0 Å². The summed E-state index contributed by atoms with van der Waals surface area (Å²) in [6.45, 7) is 0.681. The van der Waals surface area contributed by atoms with Crippen LogP contribution in [0, 0.1) is 5.92 Å². The fourth-order valence-corrected chi connectivity index (χ4v) is 2.73. The highest BCUT2D eigenvalue weighted by molar-refractivity contribution is 5.86. The molecule has 0 radical (unpaired) electrons. The Morgan fingerprint density at radius 3 is 2.72 bits per heavy atom. The van der Waals surface area contributed by atoms with Crippen molar-refractivity contribution in [1.29, 1.82) is 0 Å². The van der Waals surface area contributed by atoms with Gasteiger partial charge in [0.1, 0.15) is 0 Å². The number of likely N-dealkylation sites (tertiary alicyclic amines) is 1. The van der Waals surface area contributed by atoms with Crippen molar-refractivity contribution in [2.45, 2.75) is 38.1 Å². The molecule has 1 aliphatic heterocycles. The standard InChI is InChI=1S/C12H18N2O4/c15-10(7-14-6-2-5-11(14)16)13-9-4-1-3-8(9)12(17)18/h8-9H,1-7H2,(H,13,15)(H,17,18). The molecule has 2 rings (SSSR count). The van der Waals surface area contributed by atoms with Crippen molar-refractivity contribution in [3.05, 3.63) is 0 Å². The van der Waals surface area contributed by atoms with Gasteiger partial charge in [0.15, 0.2) is 0 Å². The van der Waals surface area contributed by atoms with Crippen LogP contribution in [0.4, 0.5) is 0 Å². The average Bonchev–Trinajstić information content (AvgIpc) is 2.89. The minimum Gasteiger partial charge on any atom is -0.481 e. The van der Waals surface area contributed by atoms with Gasteiger partial charge in [-0.2, -0.15) is 0 Å². The van der Waals surface area contributed by atoms with Crippen LogP contribution < -0.4 is 5.32 Å². The summed E-state index contributed by atoms with van der Waals surface area (Å²) in [6, 6.07) is -0.285. The molecular weight excluding hydrogens is 236 g/mol. The van der Waals surface area contributed by atoms with Crippen molar-refractivity contribution < 1.29 is 19.5 Å². The topological polar surface area (TPSA) is 86.7 Å². The van der Waals surface area contributed by atoms with Gasteiger partial charge < -0.3 is 15.3 Å². The second-order valence-corrected chi connectivity index (χ2v) is 4.97. The lowest BCUT2D eigenvalue weighted by Gasteiger charge is -2.20. The van der Waals surface area contributed by atoms with Crippen LogP contribution in [0.15, 0.2) is 0 Å². The van der Waals surface area contributed by atoms with Crippen LogP contribution in [-0.4, -0.2) is 46.9 Å². The highest BCUT2D eigenvalue weighted by Crippen LogP contribution is 2.25. The molecule has 0 aromatic rings. The van der Waals surface area contributed by atoms with Gasteiger partial charge >= 0.3 is 5.97 Å². The van der Waals surface area contributed by atoms with Gasteiger partial charge in [-0.3, -0.25) is 14.4 Å². The van der Waals surface area contributed by atoms with Crippen LogP contribution in [-0.2, 0) is 14.4 Å². The van der Waals surface area contributed by atoms with Crippen LogP contribution in [0.25, 0.3) is 0 Å². The number of aliphatic carboxylic acids is 1. The molecule has 100 valence electrons. The maximum atomic E-state index is 11.8. The van der Waals surface area contributed by atoms with Gasteiger partial charge in [-0.1, -0.05) is 6.42 Å². The Balaban J connectivity index is 1.83.